The Bertz CT molecular complexity index is 573. The lowest BCUT2D eigenvalue weighted by Gasteiger charge is -2.07. The van der Waals surface area contributed by atoms with Gasteiger partial charge in [0.05, 0.1) is 11.5 Å². The number of aryl methyl sites for hydroxylation is 1. The number of rotatable bonds is 6. The maximum atomic E-state index is 11.6. The van der Waals surface area contributed by atoms with Gasteiger partial charge < -0.3 is 19.3 Å². The smallest absolute Gasteiger partial charge is 0.347 e. The highest BCUT2D eigenvalue weighted by molar-refractivity contribution is 8.00. The minimum Gasteiger partial charge on any atom is -0.460 e. The molecule has 1 amide bonds. The van der Waals surface area contributed by atoms with Gasteiger partial charge in [-0.3, -0.25) is 9.59 Å². The Morgan fingerprint density at radius 2 is 2.27 bits per heavy atom. The van der Waals surface area contributed by atoms with E-state index in [1.54, 1.807) is 19.9 Å². The Hall–Kier alpha value is -2.03. The number of hydrogen-bond donors (Lipinski definition) is 1. The molecule has 0 bridgehead atoms. The van der Waals surface area contributed by atoms with Crippen LogP contribution in [0.4, 0.5) is 5.82 Å². The predicted molar refractivity (Wildman–Crippen MR) is 77.2 cm³/mol. The van der Waals surface area contributed by atoms with E-state index in [4.69, 9.17) is 14.0 Å². The molecule has 2 heterocycles. The third-order valence-corrected chi connectivity index (χ3v) is 3.65. The Morgan fingerprint density at radius 3 is 2.86 bits per heavy atom. The molecule has 0 saturated carbocycles. The summed E-state index contributed by atoms with van der Waals surface area (Å²) in [6.07, 6.45) is -0.717. The first kappa shape index (κ1) is 16.3. The standard InChI is InChI=1S/C13H16N2O6S/c1-7-3-9(13(18)19-7)20-12(17)6-22-5-11(16)14-10-4-8(2)21-15-10/h4,7,9H,3,5-6H2,1-2H3,(H,14,15,16). The molecule has 0 radical (unpaired) electrons. The SMILES string of the molecule is Cc1cc(NC(=O)CSCC(=O)OC2CC(C)OC2=O)no1. The molecule has 1 fully saturated rings. The summed E-state index contributed by atoms with van der Waals surface area (Å²) in [7, 11) is 0. The number of thioether (sulfide) groups is 1. The lowest BCUT2D eigenvalue weighted by Crippen LogP contribution is -2.24. The maximum Gasteiger partial charge on any atom is 0.347 e. The summed E-state index contributed by atoms with van der Waals surface area (Å²) in [5.41, 5.74) is 0. The van der Waals surface area contributed by atoms with Crippen molar-refractivity contribution in [2.24, 2.45) is 0 Å². The highest BCUT2D eigenvalue weighted by Crippen LogP contribution is 2.18. The van der Waals surface area contributed by atoms with Gasteiger partial charge in [0.25, 0.3) is 0 Å². The first-order chi connectivity index (χ1) is 10.4. The molecule has 1 aromatic heterocycles. The van der Waals surface area contributed by atoms with E-state index in [2.05, 4.69) is 10.5 Å². The Balaban J connectivity index is 1.64. The molecule has 8 nitrogen and oxygen atoms in total. The lowest BCUT2D eigenvalue weighted by atomic mass is 10.2. The van der Waals surface area contributed by atoms with E-state index in [9.17, 15) is 14.4 Å². The molecule has 120 valence electrons. The van der Waals surface area contributed by atoms with Crippen LogP contribution in [0.5, 0.6) is 0 Å². The fourth-order valence-corrected chi connectivity index (χ4v) is 2.43. The molecule has 2 unspecified atom stereocenters. The van der Waals surface area contributed by atoms with E-state index in [0.29, 0.717) is 18.0 Å². The minimum absolute atomic E-state index is 0.0244. The average molecular weight is 328 g/mol. The van der Waals surface area contributed by atoms with E-state index < -0.39 is 18.0 Å². The molecule has 1 aromatic rings. The fourth-order valence-electron chi connectivity index (χ4n) is 1.84. The molecule has 1 saturated heterocycles. The number of nitrogens with zero attached hydrogens (tertiary/aromatic N) is 1. The second kappa shape index (κ2) is 7.30. The highest BCUT2D eigenvalue weighted by atomic mass is 32.2. The van der Waals surface area contributed by atoms with Gasteiger partial charge in [0.2, 0.25) is 12.0 Å². The van der Waals surface area contributed by atoms with E-state index in [-0.39, 0.29) is 23.5 Å². The fraction of sp³-hybridized carbons (Fsp3) is 0.538. The summed E-state index contributed by atoms with van der Waals surface area (Å²) in [6.45, 7) is 3.44. The predicted octanol–water partition coefficient (Wildman–Crippen LogP) is 0.902. The Morgan fingerprint density at radius 1 is 1.50 bits per heavy atom. The summed E-state index contributed by atoms with van der Waals surface area (Å²) >= 11 is 1.08. The van der Waals surface area contributed by atoms with E-state index in [1.165, 1.54) is 0 Å². The number of hydrogen-bond acceptors (Lipinski definition) is 8. The molecule has 2 rings (SSSR count). The van der Waals surface area contributed by atoms with Crippen LogP contribution < -0.4 is 5.32 Å². The van der Waals surface area contributed by atoms with Gasteiger partial charge in [-0.1, -0.05) is 5.16 Å². The van der Waals surface area contributed by atoms with Crippen LogP contribution in [-0.4, -0.2) is 46.7 Å². The number of anilines is 1. The van der Waals surface area contributed by atoms with Gasteiger partial charge in [0, 0.05) is 12.5 Å². The van der Waals surface area contributed by atoms with E-state index in [1.807, 2.05) is 0 Å². The molecular formula is C13H16N2O6S. The number of cyclic esters (lactones) is 1. The van der Waals surface area contributed by atoms with Crippen LogP contribution in [0, 0.1) is 6.92 Å². The number of esters is 2. The number of ether oxygens (including phenoxy) is 2. The van der Waals surface area contributed by atoms with Gasteiger partial charge in [-0.25, -0.2) is 4.79 Å². The molecule has 0 spiro atoms. The molecule has 1 aliphatic heterocycles. The topological polar surface area (TPSA) is 108 Å². The third kappa shape index (κ3) is 4.76. The van der Waals surface area contributed by atoms with Crippen molar-refractivity contribution < 1.29 is 28.4 Å². The normalized spacial score (nSPS) is 20.5. The van der Waals surface area contributed by atoms with Crippen molar-refractivity contribution in [3.05, 3.63) is 11.8 Å². The molecule has 2 atom stereocenters. The van der Waals surface area contributed by atoms with Crippen LogP contribution in [0.1, 0.15) is 19.1 Å². The average Bonchev–Trinajstić information content (AvgIpc) is 2.95. The van der Waals surface area contributed by atoms with Crippen LogP contribution in [0.25, 0.3) is 0 Å². The highest BCUT2D eigenvalue weighted by Gasteiger charge is 2.34. The molecule has 1 aliphatic rings. The number of amides is 1. The molecule has 9 heteroatoms. The summed E-state index contributed by atoms with van der Waals surface area (Å²) in [5, 5.41) is 6.16. The van der Waals surface area contributed by atoms with Crippen molar-refractivity contribution in [3.8, 4) is 0 Å². The van der Waals surface area contributed by atoms with Gasteiger partial charge in [0.15, 0.2) is 5.82 Å². The summed E-state index contributed by atoms with van der Waals surface area (Å²) in [5.74, 6) is -0.427. The zero-order chi connectivity index (χ0) is 16.1. The van der Waals surface area contributed by atoms with Crippen molar-refractivity contribution in [3.63, 3.8) is 0 Å². The number of aromatic nitrogens is 1. The Kier molecular flexibility index (Phi) is 5.42. The largest absolute Gasteiger partial charge is 0.460 e. The van der Waals surface area contributed by atoms with Crippen molar-refractivity contribution in [2.45, 2.75) is 32.5 Å². The van der Waals surface area contributed by atoms with Crippen LogP contribution in [0.15, 0.2) is 10.6 Å². The molecule has 22 heavy (non-hydrogen) atoms. The molecule has 1 N–H and O–H groups in total. The van der Waals surface area contributed by atoms with Gasteiger partial charge in [0.1, 0.15) is 11.9 Å². The van der Waals surface area contributed by atoms with Crippen LogP contribution in [0.3, 0.4) is 0 Å². The van der Waals surface area contributed by atoms with Crippen molar-refractivity contribution in [1.82, 2.24) is 5.16 Å². The lowest BCUT2D eigenvalue weighted by molar-refractivity contribution is -0.159. The van der Waals surface area contributed by atoms with Crippen molar-refractivity contribution in [2.75, 3.05) is 16.8 Å². The third-order valence-electron chi connectivity index (χ3n) is 2.75. The summed E-state index contributed by atoms with van der Waals surface area (Å²) < 4.78 is 14.7. The maximum absolute atomic E-state index is 11.6. The van der Waals surface area contributed by atoms with Crippen molar-refractivity contribution >= 4 is 35.4 Å². The second-order valence-electron chi connectivity index (χ2n) is 4.83. The van der Waals surface area contributed by atoms with Gasteiger partial charge in [-0.2, -0.15) is 0 Å². The second-order valence-corrected chi connectivity index (χ2v) is 5.81. The summed E-state index contributed by atoms with van der Waals surface area (Å²) in [4.78, 5) is 34.5. The first-order valence-corrected chi connectivity index (χ1v) is 7.80. The summed E-state index contributed by atoms with van der Waals surface area (Å²) in [6, 6.07) is 1.59. The van der Waals surface area contributed by atoms with Gasteiger partial charge >= 0.3 is 11.9 Å². The number of carbonyl (C=O) groups is 3. The van der Waals surface area contributed by atoms with Crippen molar-refractivity contribution in [1.29, 1.82) is 0 Å². The zero-order valence-electron chi connectivity index (χ0n) is 12.2. The quantitative estimate of drug-likeness (QED) is 0.768. The molecule has 0 aromatic carbocycles. The van der Waals surface area contributed by atoms with E-state index in [0.717, 1.165) is 11.8 Å². The molecule has 0 aliphatic carbocycles. The minimum atomic E-state index is -0.838. The molecular weight excluding hydrogens is 312 g/mol. The van der Waals surface area contributed by atoms with Crippen LogP contribution >= 0.6 is 11.8 Å². The van der Waals surface area contributed by atoms with Gasteiger partial charge in [-0.05, 0) is 13.8 Å². The van der Waals surface area contributed by atoms with Crippen LogP contribution in [-0.2, 0) is 23.9 Å². The monoisotopic (exact) mass is 328 g/mol. The zero-order valence-corrected chi connectivity index (χ0v) is 13.0. The van der Waals surface area contributed by atoms with Crippen LogP contribution in [0.2, 0.25) is 0 Å². The Labute approximate surface area is 130 Å². The first-order valence-electron chi connectivity index (χ1n) is 6.65. The van der Waals surface area contributed by atoms with E-state index >= 15 is 0 Å². The number of nitrogens with one attached hydrogen (secondary N) is 1. The van der Waals surface area contributed by atoms with Gasteiger partial charge in [-0.15, -0.1) is 11.8 Å². The number of carbonyl (C=O) groups excluding carboxylic acids is 3.